The van der Waals surface area contributed by atoms with E-state index in [0.29, 0.717) is 5.54 Å². The van der Waals surface area contributed by atoms with E-state index in [1.165, 1.54) is 38.5 Å². The van der Waals surface area contributed by atoms with E-state index < -0.39 is 0 Å². The van der Waals surface area contributed by atoms with Gasteiger partial charge >= 0.3 is 0 Å². The Bertz CT molecular complexity index is 334. The van der Waals surface area contributed by atoms with E-state index in [1.807, 2.05) is 0 Å². The Morgan fingerprint density at radius 1 is 1.27 bits per heavy atom. The van der Waals surface area contributed by atoms with E-state index in [2.05, 4.69) is 9.89 Å². The summed E-state index contributed by atoms with van der Waals surface area (Å²) in [5.74, 6) is 2.73. The molecular weight excluding hydrogens is 186 g/mol. The molecule has 4 aliphatic rings. The number of aliphatic imine (C=N–C) groups is 1. The molecule has 0 aromatic carbocycles. The van der Waals surface area contributed by atoms with Gasteiger partial charge in [-0.3, -0.25) is 4.99 Å². The Labute approximate surface area is 90.7 Å². The molecule has 2 N–H and O–H groups in total. The molecule has 3 heteroatoms. The van der Waals surface area contributed by atoms with Gasteiger partial charge in [0, 0.05) is 6.04 Å². The van der Waals surface area contributed by atoms with Crippen molar-refractivity contribution in [2.45, 2.75) is 50.1 Å². The van der Waals surface area contributed by atoms with Gasteiger partial charge in [-0.15, -0.1) is 0 Å². The highest BCUT2D eigenvalue weighted by Crippen LogP contribution is 2.56. The molecule has 3 unspecified atom stereocenters. The minimum absolute atomic E-state index is 0.383. The van der Waals surface area contributed by atoms with Crippen molar-refractivity contribution in [3.63, 3.8) is 0 Å². The molecule has 3 fully saturated rings. The number of guanidine groups is 1. The van der Waals surface area contributed by atoms with Gasteiger partial charge in [0.25, 0.3) is 0 Å². The fraction of sp³-hybridized carbons (Fsp3) is 0.917. The van der Waals surface area contributed by atoms with E-state index in [1.54, 1.807) is 0 Å². The van der Waals surface area contributed by atoms with E-state index in [4.69, 9.17) is 5.73 Å². The zero-order valence-electron chi connectivity index (χ0n) is 9.15. The summed E-state index contributed by atoms with van der Waals surface area (Å²) in [4.78, 5) is 7.08. The Morgan fingerprint density at radius 3 is 2.73 bits per heavy atom. The summed E-state index contributed by atoms with van der Waals surface area (Å²) in [6.07, 6.45) is 8.40. The first kappa shape index (κ1) is 8.43. The summed E-state index contributed by atoms with van der Waals surface area (Å²) in [5, 5.41) is 0. The lowest BCUT2D eigenvalue weighted by atomic mass is 9.80. The van der Waals surface area contributed by atoms with Crippen LogP contribution in [0.3, 0.4) is 0 Å². The first-order valence-electron chi connectivity index (χ1n) is 6.39. The first-order chi connectivity index (χ1) is 7.29. The lowest BCUT2D eigenvalue weighted by molar-refractivity contribution is 0.116. The highest BCUT2D eigenvalue weighted by atomic mass is 15.4. The summed E-state index contributed by atoms with van der Waals surface area (Å²) in [7, 11) is 0. The van der Waals surface area contributed by atoms with Crippen molar-refractivity contribution in [2.24, 2.45) is 22.6 Å². The Balaban J connectivity index is 1.71. The Morgan fingerprint density at radius 2 is 2.13 bits per heavy atom. The van der Waals surface area contributed by atoms with Crippen LogP contribution in [-0.2, 0) is 0 Å². The topological polar surface area (TPSA) is 41.6 Å². The number of nitrogens with two attached hydrogens (primary N) is 1. The van der Waals surface area contributed by atoms with Gasteiger partial charge in [-0.2, -0.15) is 0 Å². The third-order valence-electron chi connectivity index (χ3n) is 5.10. The molecule has 1 aliphatic heterocycles. The molecule has 0 aromatic rings. The number of rotatable bonds is 1. The maximum atomic E-state index is 6.08. The monoisotopic (exact) mass is 205 g/mol. The van der Waals surface area contributed by atoms with Gasteiger partial charge in [0.2, 0.25) is 0 Å². The molecule has 1 spiro atoms. The molecule has 0 amide bonds. The van der Waals surface area contributed by atoms with E-state index >= 15 is 0 Å². The second kappa shape index (κ2) is 2.50. The van der Waals surface area contributed by atoms with Crippen molar-refractivity contribution >= 4 is 5.96 Å². The Kier molecular flexibility index (Phi) is 1.40. The molecule has 0 radical (unpaired) electrons. The molecule has 4 rings (SSSR count). The third-order valence-corrected chi connectivity index (χ3v) is 5.10. The van der Waals surface area contributed by atoms with Crippen molar-refractivity contribution in [3.8, 4) is 0 Å². The molecule has 0 aromatic heterocycles. The highest BCUT2D eigenvalue weighted by molar-refractivity contribution is 5.82. The smallest absolute Gasteiger partial charge is 0.192 e. The van der Waals surface area contributed by atoms with Crippen LogP contribution >= 0.6 is 0 Å². The van der Waals surface area contributed by atoms with Crippen LogP contribution < -0.4 is 5.73 Å². The summed E-state index contributed by atoms with van der Waals surface area (Å²) in [5.41, 5.74) is 6.47. The second-order valence-electron chi connectivity index (χ2n) is 5.96. The molecule has 3 aliphatic carbocycles. The van der Waals surface area contributed by atoms with Gasteiger partial charge in [-0.25, -0.2) is 0 Å². The van der Waals surface area contributed by atoms with Gasteiger partial charge in [0.1, 0.15) is 0 Å². The Hall–Kier alpha value is -0.730. The zero-order valence-corrected chi connectivity index (χ0v) is 9.15. The molecule has 1 heterocycles. The third kappa shape index (κ3) is 0.943. The van der Waals surface area contributed by atoms with Crippen LogP contribution in [0.15, 0.2) is 4.99 Å². The van der Waals surface area contributed by atoms with Gasteiger partial charge < -0.3 is 10.6 Å². The van der Waals surface area contributed by atoms with Crippen LogP contribution in [0, 0.1) is 11.8 Å². The molecule has 82 valence electrons. The number of fused-ring (bicyclic) bond motifs is 3. The predicted molar refractivity (Wildman–Crippen MR) is 59.5 cm³/mol. The van der Waals surface area contributed by atoms with Crippen LogP contribution in [0.1, 0.15) is 38.5 Å². The van der Waals surface area contributed by atoms with E-state index in [0.717, 1.165) is 30.4 Å². The first-order valence-corrected chi connectivity index (χ1v) is 6.39. The van der Waals surface area contributed by atoms with Crippen LogP contribution in [0.25, 0.3) is 0 Å². The van der Waals surface area contributed by atoms with Gasteiger partial charge in [-0.1, -0.05) is 0 Å². The maximum Gasteiger partial charge on any atom is 0.192 e. The highest BCUT2D eigenvalue weighted by Gasteiger charge is 2.59. The van der Waals surface area contributed by atoms with Gasteiger partial charge in [-0.05, 0) is 50.4 Å². The standard InChI is InChI=1S/C12H19N3/c13-11-14-7-12(15(11)10-3-4-10)6-8-1-2-9(12)5-8/h8-10H,1-7H2,(H2,13,14). The average Bonchev–Trinajstić information content (AvgIpc) is 2.72. The molecule has 0 saturated heterocycles. The molecule has 15 heavy (non-hydrogen) atoms. The van der Waals surface area contributed by atoms with Crippen molar-refractivity contribution in [1.29, 1.82) is 0 Å². The lowest BCUT2D eigenvalue weighted by Crippen LogP contribution is -2.55. The van der Waals surface area contributed by atoms with Crippen LogP contribution in [0.2, 0.25) is 0 Å². The predicted octanol–water partition coefficient (Wildman–Crippen LogP) is 1.34. The molecule has 3 saturated carbocycles. The summed E-state index contributed by atoms with van der Waals surface area (Å²) in [6, 6.07) is 0.746. The second-order valence-corrected chi connectivity index (χ2v) is 5.96. The molecule has 3 atom stereocenters. The van der Waals surface area contributed by atoms with Crippen molar-refractivity contribution in [3.05, 3.63) is 0 Å². The largest absolute Gasteiger partial charge is 0.370 e. The van der Waals surface area contributed by atoms with Gasteiger partial charge in [0.05, 0.1) is 12.1 Å². The van der Waals surface area contributed by atoms with Crippen molar-refractivity contribution < 1.29 is 0 Å². The SMILES string of the molecule is NC1=NCC2(CC3CCC2C3)N1C1CC1. The average molecular weight is 205 g/mol. The molecule has 3 nitrogen and oxygen atoms in total. The minimum Gasteiger partial charge on any atom is -0.370 e. The summed E-state index contributed by atoms with van der Waals surface area (Å²) in [6.45, 7) is 0.997. The molecule has 2 bridgehead atoms. The van der Waals surface area contributed by atoms with Crippen LogP contribution in [-0.4, -0.2) is 29.0 Å². The zero-order chi connectivity index (χ0) is 10.0. The quantitative estimate of drug-likeness (QED) is 0.702. The normalized spacial score (nSPS) is 48.0. The number of nitrogens with zero attached hydrogens (tertiary/aromatic N) is 2. The summed E-state index contributed by atoms with van der Waals surface area (Å²) < 4.78 is 0. The van der Waals surface area contributed by atoms with Crippen molar-refractivity contribution in [2.75, 3.05) is 6.54 Å². The fourth-order valence-corrected chi connectivity index (χ4v) is 4.39. The van der Waals surface area contributed by atoms with Crippen LogP contribution in [0.5, 0.6) is 0 Å². The lowest BCUT2D eigenvalue weighted by Gasteiger charge is -2.43. The van der Waals surface area contributed by atoms with Gasteiger partial charge in [0.15, 0.2) is 5.96 Å². The molecular formula is C12H19N3. The van der Waals surface area contributed by atoms with Crippen LogP contribution in [0.4, 0.5) is 0 Å². The number of hydrogen-bond acceptors (Lipinski definition) is 3. The van der Waals surface area contributed by atoms with Crippen molar-refractivity contribution in [1.82, 2.24) is 4.90 Å². The van der Waals surface area contributed by atoms with E-state index in [9.17, 15) is 0 Å². The fourth-order valence-electron chi connectivity index (χ4n) is 4.39. The maximum absolute atomic E-state index is 6.08. The number of hydrogen-bond donors (Lipinski definition) is 1. The minimum atomic E-state index is 0.383. The summed E-state index contributed by atoms with van der Waals surface area (Å²) >= 11 is 0. The van der Waals surface area contributed by atoms with E-state index in [-0.39, 0.29) is 0 Å².